The van der Waals surface area contributed by atoms with Crippen molar-refractivity contribution in [2.75, 3.05) is 5.32 Å². The zero-order valence-corrected chi connectivity index (χ0v) is 12.8. The number of hydrogen-bond donors (Lipinski definition) is 1. The fraction of sp³-hybridized carbons (Fsp3) is 0. The van der Waals surface area contributed by atoms with E-state index >= 15 is 0 Å². The third kappa shape index (κ3) is 4.53. The minimum atomic E-state index is -0.840. The zero-order valence-electron chi connectivity index (χ0n) is 11.3. The number of esters is 1. The van der Waals surface area contributed by atoms with Gasteiger partial charge in [0.05, 0.1) is 5.69 Å². The minimum absolute atomic E-state index is 0.191. The van der Waals surface area contributed by atoms with Gasteiger partial charge in [0.1, 0.15) is 0 Å². The number of nitrogens with one attached hydrogen (secondary N) is 1. The Labute approximate surface area is 134 Å². The molecule has 2 aromatic carbocycles. The van der Waals surface area contributed by atoms with Crippen LogP contribution in [0.3, 0.4) is 0 Å². The third-order valence-corrected chi connectivity index (χ3v) is 3.24. The lowest BCUT2D eigenvalue weighted by Gasteiger charge is -2.04. The van der Waals surface area contributed by atoms with Crippen LogP contribution in [0.2, 0.25) is 0 Å². The van der Waals surface area contributed by atoms with Crippen molar-refractivity contribution in [3.8, 4) is 5.75 Å². The molecule has 0 aliphatic carbocycles. The molecule has 0 saturated heterocycles. The molecule has 2 aromatic rings. The van der Waals surface area contributed by atoms with Gasteiger partial charge in [0.15, 0.2) is 11.6 Å². The van der Waals surface area contributed by atoms with Crippen LogP contribution in [0.5, 0.6) is 5.75 Å². The summed E-state index contributed by atoms with van der Waals surface area (Å²) in [6, 6.07) is 12.5. The lowest BCUT2D eigenvalue weighted by molar-refractivity contribution is -0.129. The fourth-order valence-corrected chi connectivity index (χ4v) is 1.93. The number of ether oxygens (including phenoxy) is 1. The van der Waals surface area contributed by atoms with E-state index in [4.69, 9.17) is 4.74 Å². The van der Waals surface area contributed by atoms with Gasteiger partial charge in [0.25, 0.3) is 0 Å². The highest BCUT2D eigenvalue weighted by atomic mass is 79.9. The number of amides is 1. The van der Waals surface area contributed by atoms with E-state index in [0.717, 1.165) is 12.2 Å². The molecule has 0 aliphatic heterocycles. The maximum atomic E-state index is 13.3. The average Bonchev–Trinajstić information content (AvgIpc) is 2.50. The molecular weight excluding hydrogens is 353 g/mol. The first-order chi connectivity index (χ1) is 10.6. The maximum absolute atomic E-state index is 13.3. The van der Waals surface area contributed by atoms with Crippen LogP contribution in [0.1, 0.15) is 0 Å². The Morgan fingerprint density at radius 1 is 1.05 bits per heavy atom. The van der Waals surface area contributed by atoms with Gasteiger partial charge < -0.3 is 10.1 Å². The molecule has 0 unspecified atom stereocenters. The summed E-state index contributed by atoms with van der Waals surface area (Å²) in [6.45, 7) is 0. The van der Waals surface area contributed by atoms with Crippen LogP contribution in [0.15, 0.2) is 65.2 Å². The first-order valence-corrected chi connectivity index (χ1v) is 7.05. The van der Waals surface area contributed by atoms with Crippen molar-refractivity contribution in [2.24, 2.45) is 0 Å². The molecule has 0 fully saturated rings. The average molecular weight is 364 g/mol. The Kier molecular flexibility index (Phi) is 5.43. The highest BCUT2D eigenvalue weighted by Crippen LogP contribution is 2.21. The summed E-state index contributed by atoms with van der Waals surface area (Å²) in [7, 11) is 0. The third-order valence-electron chi connectivity index (χ3n) is 2.55. The van der Waals surface area contributed by atoms with Gasteiger partial charge in [-0.1, -0.05) is 24.3 Å². The van der Waals surface area contributed by atoms with Gasteiger partial charge in [-0.15, -0.1) is 0 Å². The van der Waals surface area contributed by atoms with Crippen molar-refractivity contribution in [3.63, 3.8) is 0 Å². The number of carbonyl (C=O) groups is 2. The summed E-state index contributed by atoms with van der Waals surface area (Å²) in [5, 5.41) is 2.59. The van der Waals surface area contributed by atoms with E-state index in [9.17, 15) is 14.0 Å². The second-order valence-corrected chi connectivity index (χ2v) is 5.01. The molecule has 4 nitrogen and oxygen atoms in total. The van der Waals surface area contributed by atoms with Crippen LogP contribution >= 0.6 is 15.9 Å². The molecule has 6 heteroatoms. The van der Waals surface area contributed by atoms with Crippen LogP contribution in [0, 0.1) is 5.82 Å². The molecule has 2 rings (SSSR count). The molecule has 22 heavy (non-hydrogen) atoms. The second-order valence-electron chi connectivity index (χ2n) is 4.15. The largest absolute Gasteiger partial charge is 0.420 e. The fourth-order valence-electron chi connectivity index (χ4n) is 1.55. The standard InChI is InChI=1S/C16H11BrFNO3/c17-11-5-1-3-7-13(11)19-15(20)9-10-16(21)22-14-8-4-2-6-12(14)18/h1-10H,(H,19,20)/b10-9+. The van der Waals surface area contributed by atoms with Crippen molar-refractivity contribution in [2.45, 2.75) is 0 Å². The predicted molar refractivity (Wildman–Crippen MR) is 83.9 cm³/mol. The van der Waals surface area contributed by atoms with Crippen molar-refractivity contribution in [3.05, 3.63) is 71.0 Å². The monoisotopic (exact) mass is 363 g/mol. The van der Waals surface area contributed by atoms with E-state index in [1.54, 1.807) is 24.3 Å². The van der Waals surface area contributed by atoms with Crippen LogP contribution in [0.4, 0.5) is 10.1 Å². The van der Waals surface area contributed by atoms with Gasteiger partial charge in [0.2, 0.25) is 5.91 Å². The number of halogens is 2. The van der Waals surface area contributed by atoms with Crippen LogP contribution in [-0.2, 0) is 9.59 Å². The van der Waals surface area contributed by atoms with E-state index in [2.05, 4.69) is 21.2 Å². The van der Waals surface area contributed by atoms with E-state index in [1.807, 2.05) is 0 Å². The minimum Gasteiger partial charge on any atom is -0.420 e. The Balaban J connectivity index is 1.94. The number of carbonyl (C=O) groups excluding carboxylic acids is 2. The van der Waals surface area contributed by atoms with Gasteiger partial charge in [-0.25, -0.2) is 9.18 Å². The highest BCUT2D eigenvalue weighted by molar-refractivity contribution is 9.10. The lowest BCUT2D eigenvalue weighted by atomic mass is 10.3. The Bertz CT molecular complexity index is 669. The maximum Gasteiger partial charge on any atom is 0.336 e. The van der Waals surface area contributed by atoms with Crippen LogP contribution in [-0.4, -0.2) is 11.9 Å². The summed E-state index contributed by atoms with van der Waals surface area (Å²) in [5.74, 6) is -2.19. The van der Waals surface area contributed by atoms with Gasteiger partial charge in [-0.05, 0) is 40.2 Å². The number of rotatable bonds is 4. The Morgan fingerprint density at radius 2 is 1.73 bits per heavy atom. The van der Waals surface area contributed by atoms with Gasteiger partial charge in [-0.3, -0.25) is 4.79 Å². The van der Waals surface area contributed by atoms with Crippen molar-refractivity contribution >= 4 is 33.5 Å². The summed E-state index contributed by atoms with van der Waals surface area (Å²) in [6.07, 6.45) is 1.95. The summed E-state index contributed by atoms with van der Waals surface area (Å²) in [5.41, 5.74) is 0.569. The molecule has 0 saturated carbocycles. The Morgan fingerprint density at radius 3 is 2.45 bits per heavy atom. The number of benzene rings is 2. The van der Waals surface area contributed by atoms with Crippen molar-refractivity contribution < 1.29 is 18.7 Å². The molecule has 0 radical (unpaired) electrons. The van der Waals surface area contributed by atoms with E-state index < -0.39 is 17.7 Å². The summed E-state index contributed by atoms with van der Waals surface area (Å²) in [4.78, 5) is 23.2. The predicted octanol–water partition coefficient (Wildman–Crippen LogP) is 3.69. The van der Waals surface area contributed by atoms with Gasteiger partial charge in [0, 0.05) is 16.6 Å². The molecule has 0 atom stereocenters. The van der Waals surface area contributed by atoms with E-state index in [1.165, 1.54) is 24.3 Å². The lowest BCUT2D eigenvalue weighted by Crippen LogP contribution is -2.11. The van der Waals surface area contributed by atoms with Crippen LogP contribution < -0.4 is 10.1 Å². The normalized spacial score (nSPS) is 10.5. The second kappa shape index (κ2) is 7.51. The zero-order chi connectivity index (χ0) is 15.9. The molecule has 0 heterocycles. The summed E-state index contributed by atoms with van der Waals surface area (Å²) < 4.78 is 18.8. The molecule has 112 valence electrons. The molecule has 1 amide bonds. The number of para-hydroxylation sites is 2. The van der Waals surface area contributed by atoms with Crippen LogP contribution in [0.25, 0.3) is 0 Å². The summed E-state index contributed by atoms with van der Waals surface area (Å²) >= 11 is 3.28. The number of anilines is 1. The van der Waals surface area contributed by atoms with Gasteiger partial charge in [-0.2, -0.15) is 0 Å². The number of hydrogen-bond acceptors (Lipinski definition) is 3. The smallest absolute Gasteiger partial charge is 0.336 e. The Hall–Kier alpha value is -2.47. The van der Waals surface area contributed by atoms with Gasteiger partial charge >= 0.3 is 5.97 Å². The highest BCUT2D eigenvalue weighted by Gasteiger charge is 2.07. The van der Waals surface area contributed by atoms with E-state index in [-0.39, 0.29) is 5.75 Å². The first kappa shape index (κ1) is 15.9. The quantitative estimate of drug-likeness (QED) is 0.512. The van der Waals surface area contributed by atoms with Crippen molar-refractivity contribution in [1.82, 2.24) is 0 Å². The van der Waals surface area contributed by atoms with E-state index in [0.29, 0.717) is 10.2 Å². The topological polar surface area (TPSA) is 55.4 Å². The molecule has 0 spiro atoms. The molecule has 0 aliphatic rings. The SMILES string of the molecule is O=C(/C=C/C(=O)Oc1ccccc1F)Nc1ccccc1Br. The van der Waals surface area contributed by atoms with Crippen molar-refractivity contribution in [1.29, 1.82) is 0 Å². The molecule has 0 bridgehead atoms. The molecule has 0 aromatic heterocycles. The molecular formula is C16H11BrFNO3. The molecule has 1 N–H and O–H groups in total. The first-order valence-electron chi connectivity index (χ1n) is 6.26.